The van der Waals surface area contributed by atoms with Gasteiger partial charge < -0.3 is 4.74 Å². The van der Waals surface area contributed by atoms with E-state index in [1.54, 1.807) is 6.07 Å². The topological polar surface area (TPSA) is 33.0 Å². The SMILES string of the molecule is CC(C#N)Oc1ccc(F)c(C(F)(F)F)c1. The van der Waals surface area contributed by atoms with Gasteiger partial charge in [0.05, 0.1) is 5.56 Å². The minimum Gasteiger partial charge on any atom is -0.476 e. The van der Waals surface area contributed by atoms with E-state index in [1.165, 1.54) is 6.92 Å². The van der Waals surface area contributed by atoms with E-state index in [-0.39, 0.29) is 5.75 Å². The second kappa shape index (κ2) is 4.39. The van der Waals surface area contributed by atoms with Gasteiger partial charge in [-0.05, 0) is 25.1 Å². The van der Waals surface area contributed by atoms with Crippen LogP contribution in [-0.4, -0.2) is 6.10 Å². The summed E-state index contributed by atoms with van der Waals surface area (Å²) in [6.07, 6.45) is -5.68. The van der Waals surface area contributed by atoms with Crippen molar-refractivity contribution in [2.24, 2.45) is 0 Å². The number of nitrogens with zero attached hydrogens (tertiary/aromatic N) is 1. The molecule has 16 heavy (non-hydrogen) atoms. The van der Waals surface area contributed by atoms with Crippen LogP contribution in [0, 0.1) is 17.1 Å². The summed E-state index contributed by atoms with van der Waals surface area (Å²) in [6.45, 7) is 1.37. The molecule has 0 aliphatic heterocycles. The van der Waals surface area contributed by atoms with E-state index in [0.29, 0.717) is 12.1 Å². The van der Waals surface area contributed by atoms with Crippen LogP contribution in [0.4, 0.5) is 17.6 Å². The van der Waals surface area contributed by atoms with Crippen molar-refractivity contribution in [3.05, 3.63) is 29.6 Å². The Balaban J connectivity index is 3.04. The first-order valence-electron chi connectivity index (χ1n) is 4.27. The van der Waals surface area contributed by atoms with Gasteiger partial charge in [0.2, 0.25) is 0 Å². The van der Waals surface area contributed by atoms with E-state index < -0.39 is 23.7 Å². The van der Waals surface area contributed by atoms with Crippen molar-refractivity contribution in [2.45, 2.75) is 19.2 Å². The molecule has 2 nitrogen and oxygen atoms in total. The molecule has 6 heteroatoms. The molecule has 1 rings (SSSR count). The zero-order chi connectivity index (χ0) is 12.3. The molecule has 0 heterocycles. The van der Waals surface area contributed by atoms with Crippen LogP contribution in [0.25, 0.3) is 0 Å². The van der Waals surface area contributed by atoms with E-state index in [2.05, 4.69) is 0 Å². The van der Waals surface area contributed by atoms with Crippen molar-refractivity contribution in [3.8, 4) is 11.8 Å². The molecule has 0 fully saturated rings. The zero-order valence-corrected chi connectivity index (χ0v) is 8.18. The lowest BCUT2D eigenvalue weighted by Crippen LogP contribution is -2.11. The maximum atomic E-state index is 12.8. The lowest BCUT2D eigenvalue weighted by atomic mass is 10.2. The minimum absolute atomic E-state index is 0.192. The molecule has 0 spiro atoms. The third-order valence-corrected chi connectivity index (χ3v) is 1.74. The highest BCUT2D eigenvalue weighted by molar-refractivity contribution is 5.32. The van der Waals surface area contributed by atoms with Crippen LogP contribution in [0.15, 0.2) is 18.2 Å². The van der Waals surface area contributed by atoms with Crippen LogP contribution in [0.1, 0.15) is 12.5 Å². The first-order chi connectivity index (χ1) is 7.34. The number of hydrogen-bond acceptors (Lipinski definition) is 2. The van der Waals surface area contributed by atoms with Gasteiger partial charge in [0, 0.05) is 0 Å². The molecule has 1 aromatic carbocycles. The Bertz CT molecular complexity index is 422. The summed E-state index contributed by atoms with van der Waals surface area (Å²) in [5, 5.41) is 8.41. The van der Waals surface area contributed by atoms with Crippen LogP contribution in [0.3, 0.4) is 0 Å². The van der Waals surface area contributed by atoms with Crippen molar-refractivity contribution < 1.29 is 22.3 Å². The fourth-order valence-corrected chi connectivity index (χ4v) is 1.03. The van der Waals surface area contributed by atoms with Gasteiger partial charge in [0.1, 0.15) is 17.6 Å². The Morgan fingerprint density at radius 3 is 2.50 bits per heavy atom. The molecule has 0 aliphatic rings. The lowest BCUT2D eigenvalue weighted by molar-refractivity contribution is -0.140. The Labute approximate surface area is 89.1 Å². The average Bonchev–Trinajstić information content (AvgIpc) is 2.19. The van der Waals surface area contributed by atoms with E-state index in [0.717, 1.165) is 6.07 Å². The molecule has 0 N–H and O–H groups in total. The number of alkyl halides is 3. The molecule has 0 aliphatic carbocycles. The number of nitriles is 1. The molecule has 1 atom stereocenters. The van der Waals surface area contributed by atoms with Gasteiger partial charge >= 0.3 is 6.18 Å². The Hall–Kier alpha value is -1.77. The highest BCUT2D eigenvalue weighted by Crippen LogP contribution is 2.33. The van der Waals surface area contributed by atoms with Crippen molar-refractivity contribution >= 4 is 0 Å². The fourth-order valence-electron chi connectivity index (χ4n) is 1.03. The van der Waals surface area contributed by atoms with Gasteiger partial charge in [-0.15, -0.1) is 0 Å². The largest absolute Gasteiger partial charge is 0.476 e. The molecular formula is C10H7F4NO. The summed E-state index contributed by atoms with van der Waals surface area (Å²) in [6, 6.07) is 3.92. The molecule has 0 saturated heterocycles. The summed E-state index contributed by atoms with van der Waals surface area (Å²) < 4.78 is 54.5. The number of halogens is 4. The summed E-state index contributed by atoms with van der Waals surface area (Å²) in [5.74, 6) is -1.56. The normalized spacial score (nSPS) is 13.0. The number of ether oxygens (including phenoxy) is 1. The predicted octanol–water partition coefficient (Wildman–Crippen LogP) is 3.14. The predicted molar refractivity (Wildman–Crippen MR) is 47.1 cm³/mol. The Kier molecular flexibility index (Phi) is 3.38. The van der Waals surface area contributed by atoms with Crippen LogP contribution < -0.4 is 4.74 Å². The van der Waals surface area contributed by atoms with Crippen LogP contribution in [0.2, 0.25) is 0 Å². The molecule has 0 aromatic heterocycles. The molecular weight excluding hydrogens is 226 g/mol. The average molecular weight is 233 g/mol. The van der Waals surface area contributed by atoms with E-state index in [9.17, 15) is 17.6 Å². The van der Waals surface area contributed by atoms with Crippen LogP contribution >= 0.6 is 0 Å². The van der Waals surface area contributed by atoms with E-state index in [1.807, 2.05) is 0 Å². The van der Waals surface area contributed by atoms with Gasteiger partial charge in [-0.25, -0.2) is 4.39 Å². The smallest absolute Gasteiger partial charge is 0.419 e. The van der Waals surface area contributed by atoms with Gasteiger partial charge in [-0.1, -0.05) is 0 Å². The molecule has 0 saturated carbocycles. The van der Waals surface area contributed by atoms with Gasteiger partial charge in [-0.3, -0.25) is 0 Å². The second-order valence-electron chi connectivity index (χ2n) is 3.03. The van der Waals surface area contributed by atoms with Gasteiger partial charge in [-0.2, -0.15) is 18.4 Å². The maximum Gasteiger partial charge on any atom is 0.419 e. The lowest BCUT2D eigenvalue weighted by Gasteiger charge is -2.11. The van der Waals surface area contributed by atoms with E-state index >= 15 is 0 Å². The van der Waals surface area contributed by atoms with Crippen molar-refractivity contribution in [1.82, 2.24) is 0 Å². The second-order valence-corrected chi connectivity index (χ2v) is 3.03. The maximum absolute atomic E-state index is 12.8. The van der Waals surface area contributed by atoms with Crippen LogP contribution in [0.5, 0.6) is 5.75 Å². The van der Waals surface area contributed by atoms with Crippen molar-refractivity contribution in [1.29, 1.82) is 5.26 Å². The highest BCUT2D eigenvalue weighted by atomic mass is 19.4. The van der Waals surface area contributed by atoms with Crippen molar-refractivity contribution in [2.75, 3.05) is 0 Å². The molecule has 1 aromatic rings. The monoisotopic (exact) mass is 233 g/mol. The Morgan fingerprint density at radius 1 is 1.38 bits per heavy atom. The molecule has 0 bridgehead atoms. The molecule has 86 valence electrons. The number of rotatable bonds is 2. The molecule has 1 unspecified atom stereocenters. The summed E-state index contributed by atoms with van der Waals surface area (Å²) >= 11 is 0. The third-order valence-electron chi connectivity index (χ3n) is 1.74. The zero-order valence-electron chi connectivity index (χ0n) is 8.18. The number of benzene rings is 1. The highest BCUT2D eigenvalue weighted by Gasteiger charge is 2.34. The quantitative estimate of drug-likeness (QED) is 0.735. The first kappa shape index (κ1) is 12.3. The van der Waals surface area contributed by atoms with Crippen LogP contribution in [-0.2, 0) is 6.18 Å². The summed E-state index contributed by atoms with van der Waals surface area (Å²) in [7, 11) is 0. The summed E-state index contributed by atoms with van der Waals surface area (Å²) in [4.78, 5) is 0. The van der Waals surface area contributed by atoms with Gasteiger partial charge in [0.15, 0.2) is 6.10 Å². The number of hydrogen-bond donors (Lipinski definition) is 0. The van der Waals surface area contributed by atoms with Gasteiger partial charge in [0.25, 0.3) is 0 Å². The van der Waals surface area contributed by atoms with E-state index in [4.69, 9.17) is 10.00 Å². The van der Waals surface area contributed by atoms with Crippen molar-refractivity contribution in [3.63, 3.8) is 0 Å². The first-order valence-corrected chi connectivity index (χ1v) is 4.27. The molecule has 0 radical (unpaired) electrons. The fraction of sp³-hybridized carbons (Fsp3) is 0.300. The standard InChI is InChI=1S/C10H7F4NO/c1-6(5-15)16-7-2-3-9(11)8(4-7)10(12,13)14/h2-4,6H,1H3. The minimum atomic E-state index is -4.78. The Morgan fingerprint density at radius 2 is 2.00 bits per heavy atom. The molecule has 0 amide bonds. The third kappa shape index (κ3) is 2.86. The summed E-state index contributed by atoms with van der Waals surface area (Å²) in [5.41, 5.74) is -1.41.